The van der Waals surface area contributed by atoms with Crippen molar-refractivity contribution in [2.24, 2.45) is 0 Å². The van der Waals surface area contributed by atoms with Crippen LogP contribution in [0.25, 0.3) is 0 Å². The van der Waals surface area contributed by atoms with Gasteiger partial charge >= 0.3 is 11.9 Å². The van der Waals surface area contributed by atoms with Crippen LogP contribution in [0.4, 0.5) is 0 Å². The minimum atomic E-state index is -0.994. The standard InChI is InChI=1S/C11H12O4/c1-2-7-5-9(11(14)15)4-3-8(7)6-10(12)13/h3-5H,2,6H2,1H3,(H,12,13)(H,14,15). The van der Waals surface area contributed by atoms with Crippen LogP contribution in [-0.4, -0.2) is 22.2 Å². The Balaban J connectivity index is 3.08. The second-order valence-electron chi connectivity index (χ2n) is 3.21. The van der Waals surface area contributed by atoms with Gasteiger partial charge in [-0.05, 0) is 29.7 Å². The van der Waals surface area contributed by atoms with E-state index < -0.39 is 11.9 Å². The van der Waals surface area contributed by atoms with Crippen LogP contribution >= 0.6 is 0 Å². The van der Waals surface area contributed by atoms with Crippen LogP contribution in [0.1, 0.15) is 28.4 Å². The van der Waals surface area contributed by atoms with Gasteiger partial charge in [0.05, 0.1) is 12.0 Å². The molecule has 80 valence electrons. The third-order valence-electron chi connectivity index (χ3n) is 2.18. The topological polar surface area (TPSA) is 74.6 Å². The number of carboxylic acids is 2. The first-order valence-corrected chi connectivity index (χ1v) is 4.61. The van der Waals surface area contributed by atoms with Crippen molar-refractivity contribution in [3.05, 3.63) is 34.9 Å². The van der Waals surface area contributed by atoms with E-state index in [2.05, 4.69) is 0 Å². The fraction of sp³-hybridized carbons (Fsp3) is 0.273. The molecule has 0 aliphatic carbocycles. The van der Waals surface area contributed by atoms with Gasteiger partial charge in [0.1, 0.15) is 0 Å². The van der Waals surface area contributed by atoms with E-state index in [4.69, 9.17) is 10.2 Å². The Labute approximate surface area is 87.2 Å². The largest absolute Gasteiger partial charge is 0.481 e. The third kappa shape index (κ3) is 2.80. The van der Waals surface area contributed by atoms with Gasteiger partial charge in [-0.15, -0.1) is 0 Å². The number of hydrogen-bond acceptors (Lipinski definition) is 2. The van der Waals surface area contributed by atoms with Gasteiger partial charge in [0.25, 0.3) is 0 Å². The van der Waals surface area contributed by atoms with Crippen LogP contribution < -0.4 is 0 Å². The highest BCUT2D eigenvalue weighted by molar-refractivity contribution is 5.88. The summed E-state index contributed by atoms with van der Waals surface area (Å²) in [5, 5.41) is 17.4. The number of benzene rings is 1. The van der Waals surface area contributed by atoms with E-state index in [1.165, 1.54) is 12.1 Å². The molecule has 1 aromatic rings. The van der Waals surface area contributed by atoms with Gasteiger partial charge in [0.2, 0.25) is 0 Å². The molecule has 0 aliphatic rings. The quantitative estimate of drug-likeness (QED) is 0.787. The molecule has 0 bridgehead atoms. The lowest BCUT2D eigenvalue weighted by molar-refractivity contribution is -0.136. The molecule has 4 nitrogen and oxygen atoms in total. The predicted molar refractivity (Wildman–Crippen MR) is 54.1 cm³/mol. The van der Waals surface area contributed by atoms with Crippen LogP contribution in [0, 0.1) is 0 Å². The average Bonchev–Trinajstić information content (AvgIpc) is 2.17. The molecule has 0 amide bonds. The van der Waals surface area contributed by atoms with Gasteiger partial charge < -0.3 is 10.2 Å². The summed E-state index contributed by atoms with van der Waals surface area (Å²) in [5.41, 5.74) is 1.65. The zero-order chi connectivity index (χ0) is 11.4. The summed E-state index contributed by atoms with van der Waals surface area (Å²) in [6.07, 6.45) is 0.562. The average molecular weight is 208 g/mol. The lowest BCUT2D eigenvalue weighted by Crippen LogP contribution is -2.05. The van der Waals surface area contributed by atoms with Gasteiger partial charge in [-0.2, -0.15) is 0 Å². The molecule has 0 saturated carbocycles. The molecule has 0 heterocycles. The summed E-state index contributed by atoms with van der Waals surface area (Å²) in [4.78, 5) is 21.2. The Morgan fingerprint density at radius 2 is 1.87 bits per heavy atom. The van der Waals surface area contributed by atoms with Gasteiger partial charge in [0, 0.05) is 0 Å². The molecular weight excluding hydrogens is 196 g/mol. The summed E-state index contributed by atoms with van der Waals surface area (Å²) in [7, 11) is 0. The molecule has 0 saturated heterocycles. The summed E-state index contributed by atoms with van der Waals surface area (Å²) >= 11 is 0. The Bertz CT molecular complexity index is 396. The van der Waals surface area contributed by atoms with E-state index in [1.54, 1.807) is 6.07 Å². The van der Waals surface area contributed by atoms with E-state index in [9.17, 15) is 9.59 Å². The predicted octanol–water partition coefficient (Wildman–Crippen LogP) is 1.57. The number of rotatable bonds is 4. The lowest BCUT2D eigenvalue weighted by Gasteiger charge is -2.06. The fourth-order valence-electron chi connectivity index (χ4n) is 1.42. The molecular formula is C11H12O4. The van der Waals surface area contributed by atoms with Crippen LogP contribution in [-0.2, 0) is 17.6 Å². The molecule has 0 aliphatic heterocycles. The number of carboxylic acid groups (broad SMARTS) is 2. The first-order valence-electron chi connectivity index (χ1n) is 4.61. The molecule has 0 unspecified atom stereocenters. The van der Waals surface area contributed by atoms with Crippen molar-refractivity contribution in [2.45, 2.75) is 19.8 Å². The van der Waals surface area contributed by atoms with Crippen LogP contribution in [0.15, 0.2) is 18.2 Å². The number of aryl methyl sites for hydroxylation is 1. The van der Waals surface area contributed by atoms with Crippen molar-refractivity contribution in [3.63, 3.8) is 0 Å². The van der Waals surface area contributed by atoms with E-state index in [0.717, 1.165) is 5.56 Å². The molecule has 4 heteroatoms. The summed E-state index contributed by atoms with van der Waals surface area (Å²) in [6, 6.07) is 4.52. The minimum absolute atomic E-state index is 0.0664. The second-order valence-corrected chi connectivity index (χ2v) is 3.21. The maximum atomic E-state index is 10.7. The Kier molecular flexibility index (Phi) is 3.44. The first kappa shape index (κ1) is 11.2. The maximum Gasteiger partial charge on any atom is 0.335 e. The first-order chi connectivity index (χ1) is 7.04. The number of aliphatic carboxylic acids is 1. The number of carbonyl (C=O) groups is 2. The Hall–Kier alpha value is -1.84. The van der Waals surface area contributed by atoms with Crippen molar-refractivity contribution in [1.29, 1.82) is 0 Å². The molecule has 0 radical (unpaired) electrons. The Morgan fingerprint density at radius 1 is 1.20 bits per heavy atom. The summed E-state index contributed by atoms with van der Waals surface area (Å²) in [5.74, 6) is -1.90. The molecule has 2 N–H and O–H groups in total. The van der Waals surface area contributed by atoms with Gasteiger partial charge in [0.15, 0.2) is 0 Å². The monoisotopic (exact) mass is 208 g/mol. The van der Waals surface area contributed by atoms with Crippen molar-refractivity contribution in [3.8, 4) is 0 Å². The highest BCUT2D eigenvalue weighted by Crippen LogP contribution is 2.14. The van der Waals surface area contributed by atoms with Crippen LogP contribution in [0.5, 0.6) is 0 Å². The zero-order valence-corrected chi connectivity index (χ0v) is 8.36. The molecule has 0 aromatic heterocycles. The van der Waals surface area contributed by atoms with Gasteiger partial charge in [-0.3, -0.25) is 4.79 Å². The molecule has 1 aromatic carbocycles. The lowest BCUT2D eigenvalue weighted by atomic mass is 9.99. The van der Waals surface area contributed by atoms with E-state index in [1.807, 2.05) is 6.92 Å². The number of aromatic carboxylic acids is 1. The molecule has 15 heavy (non-hydrogen) atoms. The highest BCUT2D eigenvalue weighted by atomic mass is 16.4. The van der Waals surface area contributed by atoms with Gasteiger partial charge in [-0.25, -0.2) is 4.79 Å². The maximum absolute atomic E-state index is 10.7. The Morgan fingerprint density at radius 3 is 2.33 bits per heavy atom. The molecule has 0 atom stereocenters. The fourth-order valence-corrected chi connectivity index (χ4v) is 1.42. The van der Waals surface area contributed by atoms with E-state index >= 15 is 0 Å². The van der Waals surface area contributed by atoms with E-state index in [-0.39, 0.29) is 12.0 Å². The summed E-state index contributed by atoms with van der Waals surface area (Å²) in [6.45, 7) is 1.87. The van der Waals surface area contributed by atoms with Crippen LogP contribution in [0.2, 0.25) is 0 Å². The second kappa shape index (κ2) is 4.59. The molecule has 1 rings (SSSR count). The zero-order valence-electron chi connectivity index (χ0n) is 8.36. The van der Waals surface area contributed by atoms with Crippen LogP contribution in [0.3, 0.4) is 0 Å². The molecule has 0 spiro atoms. The summed E-state index contributed by atoms with van der Waals surface area (Å²) < 4.78 is 0. The van der Waals surface area contributed by atoms with Crippen molar-refractivity contribution < 1.29 is 19.8 Å². The number of hydrogen-bond donors (Lipinski definition) is 2. The molecule has 0 fully saturated rings. The smallest absolute Gasteiger partial charge is 0.335 e. The normalized spacial score (nSPS) is 9.93. The van der Waals surface area contributed by atoms with Crippen molar-refractivity contribution in [2.75, 3.05) is 0 Å². The van der Waals surface area contributed by atoms with Gasteiger partial charge in [-0.1, -0.05) is 13.0 Å². The minimum Gasteiger partial charge on any atom is -0.481 e. The SMILES string of the molecule is CCc1cc(C(=O)O)ccc1CC(=O)O. The van der Waals surface area contributed by atoms with Crippen molar-refractivity contribution in [1.82, 2.24) is 0 Å². The highest BCUT2D eigenvalue weighted by Gasteiger charge is 2.09. The third-order valence-corrected chi connectivity index (χ3v) is 2.18. The van der Waals surface area contributed by atoms with Crippen molar-refractivity contribution >= 4 is 11.9 Å². The van der Waals surface area contributed by atoms with E-state index in [0.29, 0.717) is 12.0 Å².